The fraction of sp³-hybridized carbons (Fsp3) is 0.300. The van der Waals surface area contributed by atoms with E-state index in [9.17, 15) is 4.79 Å². The molecular formula is C20H23N3O2S. The summed E-state index contributed by atoms with van der Waals surface area (Å²) in [6.07, 6.45) is 2.78. The molecule has 1 heterocycles. The van der Waals surface area contributed by atoms with Crippen molar-refractivity contribution in [1.29, 1.82) is 0 Å². The van der Waals surface area contributed by atoms with E-state index in [1.807, 2.05) is 24.5 Å². The number of amides is 1. The zero-order valence-electron chi connectivity index (χ0n) is 15.4. The van der Waals surface area contributed by atoms with E-state index in [2.05, 4.69) is 42.3 Å². The van der Waals surface area contributed by atoms with Crippen molar-refractivity contribution in [2.24, 2.45) is 0 Å². The van der Waals surface area contributed by atoms with Crippen LogP contribution in [0.5, 0.6) is 5.75 Å². The minimum atomic E-state index is -0.169. The van der Waals surface area contributed by atoms with Crippen LogP contribution in [-0.4, -0.2) is 36.3 Å². The summed E-state index contributed by atoms with van der Waals surface area (Å²) >= 11 is 1.68. The lowest BCUT2D eigenvalue weighted by atomic mass is 9.84. The molecule has 2 aromatic carbocycles. The second-order valence-corrected chi connectivity index (χ2v) is 7.65. The Hall–Kier alpha value is -2.47. The van der Waals surface area contributed by atoms with Gasteiger partial charge < -0.3 is 15.0 Å². The number of nitrogens with zero attached hydrogens (tertiary/aromatic N) is 1. The molecular weight excluding hydrogens is 346 g/mol. The number of ether oxygens (including phenoxy) is 1. The van der Waals surface area contributed by atoms with Gasteiger partial charge in [0.1, 0.15) is 11.6 Å². The molecule has 3 rings (SSSR count). The van der Waals surface area contributed by atoms with Crippen LogP contribution in [0.2, 0.25) is 0 Å². The molecule has 3 aromatic rings. The second kappa shape index (κ2) is 7.41. The third-order valence-electron chi connectivity index (χ3n) is 4.55. The number of hydrogen-bond donors (Lipinski definition) is 2. The van der Waals surface area contributed by atoms with Gasteiger partial charge in [-0.2, -0.15) is 0 Å². The summed E-state index contributed by atoms with van der Waals surface area (Å²) < 4.78 is 5.55. The monoisotopic (exact) mass is 369 g/mol. The molecule has 26 heavy (non-hydrogen) atoms. The first-order valence-electron chi connectivity index (χ1n) is 8.38. The predicted octanol–water partition coefficient (Wildman–Crippen LogP) is 3.98. The summed E-state index contributed by atoms with van der Waals surface area (Å²) in [4.78, 5) is 19.9. The molecule has 0 fully saturated rings. The minimum Gasteiger partial charge on any atom is -0.496 e. The third kappa shape index (κ3) is 3.55. The lowest BCUT2D eigenvalue weighted by molar-refractivity contribution is -0.109. The van der Waals surface area contributed by atoms with Crippen molar-refractivity contribution in [3.63, 3.8) is 0 Å². The summed E-state index contributed by atoms with van der Waals surface area (Å²) in [6.45, 7) is 4.78. The van der Waals surface area contributed by atoms with Gasteiger partial charge >= 0.3 is 0 Å². The van der Waals surface area contributed by atoms with E-state index in [0.29, 0.717) is 6.54 Å². The normalized spacial score (nSPS) is 11.5. The lowest BCUT2D eigenvalue weighted by Crippen LogP contribution is -2.32. The van der Waals surface area contributed by atoms with Crippen LogP contribution in [-0.2, 0) is 10.2 Å². The van der Waals surface area contributed by atoms with Gasteiger partial charge in [0, 0.05) is 16.9 Å². The van der Waals surface area contributed by atoms with Crippen molar-refractivity contribution < 1.29 is 9.53 Å². The maximum atomic E-state index is 10.6. The quantitative estimate of drug-likeness (QED) is 0.488. The Morgan fingerprint density at radius 2 is 2.08 bits per heavy atom. The Morgan fingerprint density at radius 1 is 1.27 bits per heavy atom. The van der Waals surface area contributed by atoms with Gasteiger partial charge in [-0.15, -0.1) is 11.8 Å². The Bertz CT molecular complexity index is 934. The molecule has 0 aliphatic carbocycles. The highest BCUT2D eigenvalue weighted by Gasteiger charge is 2.21. The first kappa shape index (κ1) is 18.3. The van der Waals surface area contributed by atoms with Gasteiger partial charge in [0.05, 0.1) is 23.7 Å². The fourth-order valence-corrected chi connectivity index (χ4v) is 3.38. The number of fused-ring (bicyclic) bond motifs is 1. The predicted molar refractivity (Wildman–Crippen MR) is 107 cm³/mol. The van der Waals surface area contributed by atoms with Crippen molar-refractivity contribution in [3.05, 3.63) is 42.0 Å². The van der Waals surface area contributed by atoms with E-state index in [1.54, 1.807) is 18.9 Å². The van der Waals surface area contributed by atoms with Gasteiger partial charge in [0.25, 0.3) is 0 Å². The molecule has 0 unspecified atom stereocenters. The number of aromatic amines is 1. The number of benzene rings is 2. The van der Waals surface area contributed by atoms with E-state index < -0.39 is 0 Å². The number of rotatable bonds is 7. The van der Waals surface area contributed by atoms with Gasteiger partial charge in [-0.25, -0.2) is 4.98 Å². The number of carbonyl (C=O) groups is 1. The highest BCUT2D eigenvalue weighted by atomic mass is 32.2. The smallest absolute Gasteiger partial charge is 0.207 e. The summed E-state index contributed by atoms with van der Waals surface area (Å²) in [6, 6.07) is 12.3. The molecule has 0 saturated heterocycles. The second-order valence-electron chi connectivity index (χ2n) is 6.77. The first-order chi connectivity index (χ1) is 12.5. The van der Waals surface area contributed by atoms with Crippen LogP contribution in [0.4, 0.5) is 0 Å². The third-order valence-corrected chi connectivity index (χ3v) is 5.28. The zero-order valence-corrected chi connectivity index (χ0v) is 16.2. The summed E-state index contributed by atoms with van der Waals surface area (Å²) in [5.41, 5.74) is 3.77. The molecule has 5 nitrogen and oxygen atoms in total. The van der Waals surface area contributed by atoms with Gasteiger partial charge in [0.2, 0.25) is 6.41 Å². The summed E-state index contributed by atoms with van der Waals surface area (Å²) in [5, 5.41) is 2.77. The number of imidazole rings is 1. The van der Waals surface area contributed by atoms with Crippen molar-refractivity contribution in [2.75, 3.05) is 19.9 Å². The van der Waals surface area contributed by atoms with E-state index in [0.717, 1.165) is 45.0 Å². The molecule has 0 spiro atoms. The van der Waals surface area contributed by atoms with Crippen molar-refractivity contribution in [2.45, 2.75) is 24.2 Å². The number of carbonyl (C=O) groups excluding carboxylic acids is 1. The molecule has 0 aliphatic heterocycles. The molecule has 0 bridgehead atoms. The summed E-state index contributed by atoms with van der Waals surface area (Å²) in [5.74, 6) is 1.58. The largest absolute Gasteiger partial charge is 0.496 e. The van der Waals surface area contributed by atoms with E-state index in [4.69, 9.17) is 9.72 Å². The molecule has 6 heteroatoms. The Labute approximate surface area is 157 Å². The highest BCUT2D eigenvalue weighted by molar-refractivity contribution is 7.98. The number of H-pyrrole nitrogens is 1. The van der Waals surface area contributed by atoms with E-state index in [1.165, 1.54) is 0 Å². The maximum absolute atomic E-state index is 10.6. The Morgan fingerprint density at radius 3 is 2.77 bits per heavy atom. The standard InChI is InChI=1S/C20H23N3O2S/c1-20(2,11-21-12-24)13-5-8-16-17(9-13)23-19(22-16)15-7-6-14(26-4)10-18(15)25-3/h5-10,12H,11H2,1-4H3,(H,21,24)(H,22,23). The average Bonchev–Trinajstić information content (AvgIpc) is 3.08. The van der Waals surface area contributed by atoms with Crippen molar-refractivity contribution in [3.8, 4) is 17.1 Å². The van der Waals surface area contributed by atoms with Gasteiger partial charge in [0.15, 0.2) is 0 Å². The Kier molecular flexibility index (Phi) is 5.23. The van der Waals surface area contributed by atoms with Crippen LogP contribution in [0.1, 0.15) is 19.4 Å². The topological polar surface area (TPSA) is 67.0 Å². The van der Waals surface area contributed by atoms with Crippen molar-refractivity contribution in [1.82, 2.24) is 15.3 Å². The van der Waals surface area contributed by atoms with Crippen LogP contribution in [0.25, 0.3) is 22.4 Å². The first-order valence-corrected chi connectivity index (χ1v) is 9.60. The fourth-order valence-electron chi connectivity index (χ4n) is 2.95. The Balaban J connectivity index is 2.01. The van der Waals surface area contributed by atoms with Crippen molar-refractivity contribution >= 4 is 29.2 Å². The summed E-state index contributed by atoms with van der Waals surface area (Å²) in [7, 11) is 1.67. The van der Waals surface area contributed by atoms with Crippen LogP contribution in [0.3, 0.4) is 0 Å². The zero-order chi connectivity index (χ0) is 18.7. The van der Waals surface area contributed by atoms with E-state index in [-0.39, 0.29) is 5.41 Å². The number of methoxy groups -OCH3 is 1. The molecule has 1 amide bonds. The van der Waals surface area contributed by atoms with Crippen LogP contribution in [0, 0.1) is 0 Å². The maximum Gasteiger partial charge on any atom is 0.207 e. The number of aromatic nitrogens is 2. The van der Waals surface area contributed by atoms with E-state index >= 15 is 0 Å². The molecule has 136 valence electrons. The SMILES string of the molecule is COc1cc(SC)ccc1-c1nc2ccc(C(C)(C)CNC=O)cc2[nH]1. The molecule has 0 radical (unpaired) electrons. The van der Waals surface area contributed by atoms with Gasteiger partial charge in [-0.3, -0.25) is 4.79 Å². The number of hydrogen-bond acceptors (Lipinski definition) is 4. The molecule has 0 aliphatic rings. The van der Waals surface area contributed by atoms with Crippen LogP contribution in [0.15, 0.2) is 41.3 Å². The highest BCUT2D eigenvalue weighted by Crippen LogP contribution is 2.33. The van der Waals surface area contributed by atoms with Crippen LogP contribution < -0.4 is 10.1 Å². The molecule has 0 atom stereocenters. The minimum absolute atomic E-state index is 0.169. The molecule has 2 N–H and O–H groups in total. The number of nitrogens with one attached hydrogen (secondary N) is 2. The van der Waals surface area contributed by atoms with Gasteiger partial charge in [-0.1, -0.05) is 19.9 Å². The average molecular weight is 369 g/mol. The van der Waals surface area contributed by atoms with Crippen LogP contribution >= 0.6 is 11.8 Å². The molecule has 1 aromatic heterocycles. The van der Waals surface area contributed by atoms with Gasteiger partial charge in [-0.05, 0) is 42.2 Å². The lowest BCUT2D eigenvalue weighted by Gasteiger charge is -2.24. The molecule has 0 saturated carbocycles. The number of thioether (sulfide) groups is 1.